The first-order chi connectivity index (χ1) is 13.6. The summed E-state index contributed by atoms with van der Waals surface area (Å²) in [6.45, 7) is 4.62. The van der Waals surface area contributed by atoms with Gasteiger partial charge in [0.15, 0.2) is 0 Å². The summed E-state index contributed by atoms with van der Waals surface area (Å²) in [7, 11) is -3.42. The smallest absolute Gasteiger partial charge is 0.229 e. The molecule has 1 aliphatic rings. The Hall–Kier alpha value is -2.87. The maximum Gasteiger partial charge on any atom is 0.229 e. The number of benzene rings is 2. The fourth-order valence-electron chi connectivity index (χ4n) is 3.27. The van der Waals surface area contributed by atoms with Crippen LogP contribution in [0.2, 0.25) is 0 Å². The van der Waals surface area contributed by atoms with Crippen LogP contribution >= 0.6 is 0 Å². The topological polar surface area (TPSA) is 95.6 Å². The van der Waals surface area contributed by atoms with Crippen LogP contribution in [-0.2, 0) is 26.2 Å². The third-order valence-electron chi connectivity index (χ3n) is 4.88. The van der Waals surface area contributed by atoms with Gasteiger partial charge in [0.1, 0.15) is 0 Å². The second kappa shape index (κ2) is 8.24. The molecule has 1 heterocycles. The van der Waals surface area contributed by atoms with E-state index in [9.17, 15) is 18.0 Å². The molecule has 0 spiro atoms. The molecule has 2 amide bonds. The SMILES string of the molecule is Cc1ccc(CN2CC(C(=O)Nc3ccc(C)c(NS(C)(=O)=O)c3)CC2=O)cc1. The number of aryl methyl sites for hydroxylation is 2. The Labute approximate surface area is 171 Å². The highest BCUT2D eigenvalue weighted by Crippen LogP contribution is 2.25. The molecule has 2 N–H and O–H groups in total. The van der Waals surface area contributed by atoms with Gasteiger partial charge in [0.25, 0.3) is 0 Å². The van der Waals surface area contributed by atoms with E-state index in [1.807, 2.05) is 31.2 Å². The number of carbonyl (C=O) groups excluding carboxylic acids is 2. The molecule has 0 radical (unpaired) electrons. The Morgan fingerprint density at radius 3 is 2.48 bits per heavy atom. The van der Waals surface area contributed by atoms with E-state index in [1.165, 1.54) is 0 Å². The van der Waals surface area contributed by atoms with E-state index in [0.717, 1.165) is 22.9 Å². The van der Waals surface area contributed by atoms with Crippen LogP contribution in [0.25, 0.3) is 0 Å². The lowest BCUT2D eigenvalue weighted by molar-refractivity contribution is -0.128. The molecule has 0 saturated carbocycles. The minimum atomic E-state index is -3.42. The molecule has 1 unspecified atom stereocenters. The molecule has 1 fully saturated rings. The summed E-state index contributed by atoms with van der Waals surface area (Å²) in [6.07, 6.45) is 1.24. The van der Waals surface area contributed by atoms with Gasteiger partial charge in [-0.1, -0.05) is 35.9 Å². The quantitative estimate of drug-likeness (QED) is 0.758. The maximum absolute atomic E-state index is 12.7. The van der Waals surface area contributed by atoms with Crippen molar-refractivity contribution in [1.82, 2.24) is 4.90 Å². The lowest BCUT2D eigenvalue weighted by Crippen LogP contribution is -2.28. The first-order valence-corrected chi connectivity index (χ1v) is 11.2. The summed E-state index contributed by atoms with van der Waals surface area (Å²) in [5.74, 6) is -0.742. The van der Waals surface area contributed by atoms with Gasteiger partial charge >= 0.3 is 0 Å². The molecule has 7 nitrogen and oxygen atoms in total. The Morgan fingerprint density at radius 1 is 1.14 bits per heavy atom. The van der Waals surface area contributed by atoms with E-state index in [4.69, 9.17) is 0 Å². The Kier molecular flexibility index (Phi) is 5.93. The standard InChI is InChI=1S/C21H25N3O4S/c1-14-4-7-16(8-5-14)12-24-13-17(10-20(24)25)21(26)22-18-9-6-15(2)19(11-18)23-29(3,27)28/h4-9,11,17,23H,10,12-13H2,1-3H3,(H,22,26). The molecule has 0 aliphatic carbocycles. The zero-order valence-corrected chi connectivity index (χ0v) is 17.5. The van der Waals surface area contributed by atoms with Crippen molar-refractivity contribution >= 4 is 33.2 Å². The lowest BCUT2D eigenvalue weighted by atomic mass is 10.1. The van der Waals surface area contributed by atoms with Crippen molar-refractivity contribution in [2.24, 2.45) is 5.92 Å². The number of amides is 2. The highest BCUT2D eigenvalue weighted by Gasteiger charge is 2.34. The van der Waals surface area contributed by atoms with E-state index >= 15 is 0 Å². The van der Waals surface area contributed by atoms with Crippen LogP contribution in [-0.4, -0.2) is 37.9 Å². The molecule has 3 rings (SSSR count). The highest BCUT2D eigenvalue weighted by atomic mass is 32.2. The predicted octanol–water partition coefficient (Wildman–Crippen LogP) is 2.66. The normalized spacial score (nSPS) is 16.7. The zero-order valence-electron chi connectivity index (χ0n) is 16.7. The van der Waals surface area contributed by atoms with Crippen LogP contribution in [0.4, 0.5) is 11.4 Å². The molecule has 1 saturated heterocycles. The minimum Gasteiger partial charge on any atom is -0.338 e. The van der Waals surface area contributed by atoms with Crippen molar-refractivity contribution in [3.05, 3.63) is 59.2 Å². The molecule has 154 valence electrons. The molecule has 2 aromatic carbocycles. The van der Waals surface area contributed by atoms with Gasteiger partial charge in [0.2, 0.25) is 21.8 Å². The number of likely N-dealkylation sites (tertiary alicyclic amines) is 1. The highest BCUT2D eigenvalue weighted by molar-refractivity contribution is 7.92. The molecule has 0 bridgehead atoms. The number of sulfonamides is 1. The predicted molar refractivity (Wildman–Crippen MR) is 113 cm³/mol. The Bertz CT molecular complexity index is 1030. The summed E-state index contributed by atoms with van der Waals surface area (Å²) in [5, 5.41) is 2.80. The Balaban J connectivity index is 1.65. The first-order valence-electron chi connectivity index (χ1n) is 9.33. The fourth-order valence-corrected chi connectivity index (χ4v) is 3.89. The van der Waals surface area contributed by atoms with Gasteiger partial charge in [-0.05, 0) is 37.1 Å². The summed E-state index contributed by atoms with van der Waals surface area (Å²) in [5.41, 5.74) is 3.82. The van der Waals surface area contributed by atoms with Crippen molar-refractivity contribution in [1.29, 1.82) is 0 Å². The van der Waals surface area contributed by atoms with Crippen LogP contribution in [0.15, 0.2) is 42.5 Å². The van der Waals surface area contributed by atoms with Gasteiger partial charge in [-0.2, -0.15) is 0 Å². The van der Waals surface area contributed by atoms with E-state index in [-0.39, 0.29) is 18.2 Å². The van der Waals surface area contributed by atoms with Gasteiger partial charge in [-0.25, -0.2) is 8.42 Å². The van der Waals surface area contributed by atoms with Gasteiger partial charge in [0, 0.05) is 25.2 Å². The van der Waals surface area contributed by atoms with Crippen molar-refractivity contribution in [2.45, 2.75) is 26.8 Å². The molecular formula is C21H25N3O4S. The van der Waals surface area contributed by atoms with E-state index in [1.54, 1.807) is 30.0 Å². The number of hydrogen-bond acceptors (Lipinski definition) is 4. The number of nitrogens with zero attached hydrogens (tertiary/aromatic N) is 1. The second-order valence-corrected chi connectivity index (χ2v) is 9.30. The molecular weight excluding hydrogens is 390 g/mol. The third kappa shape index (κ3) is 5.57. The van der Waals surface area contributed by atoms with Crippen molar-refractivity contribution in [3.8, 4) is 0 Å². The van der Waals surface area contributed by atoms with Gasteiger partial charge < -0.3 is 10.2 Å². The molecule has 29 heavy (non-hydrogen) atoms. The molecule has 8 heteroatoms. The third-order valence-corrected chi connectivity index (χ3v) is 5.47. The summed E-state index contributed by atoms with van der Waals surface area (Å²) >= 11 is 0. The maximum atomic E-state index is 12.7. The summed E-state index contributed by atoms with van der Waals surface area (Å²) in [4.78, 5) is 26.7. The van der Waals surface area contributed by atoms with Crippen molar-refractivity contribution in [3.63, 3.8) is 0 Å². The van der Waals surface area contributed by atoms with Crippen LogP contribution in [0.3, 0.4) is 0 Å². The monoisotopic (exact) mass is 415 g/mol. The molecule has 0 aromatic heterocycles. The summed E-state index contributed by atoms with van der Waals surface area (Å²) in [6, 6.07) is 13.0. The van der Waals surface area contributed by atoms with Gasteiger partial charge in [-0.3, -0.25) is 14.3 Å². The van der Waals surface area contributed by atoms with E-state index in [2.05, 4.69) is 10.0 Å². The average Bonchev–Trinajstić information content (AvgIpc) is 2.99. The summed E-state index contributed by atoms with van der Waals surface area (Å²) < 4.78 is 25.4. The number of rotatable bonds is 6. The van der Waals surface area contributed by atoms with Crippen LogP contribution in [0.1, 0.15) is 23.1 Å². The van der Waals surface area contributed by atoms with Gasteiger partial charge in [0.05, 0.1) is 17.9 Å². The first kappa shape index (κ1) is 20.9. The van der Waals surface area contributed by atoms with Gasteiger partial charge in [-0.15, -0.1) is 0 Å². The van der Waals surface area contributed by atoms with E-state index < -0.39 is 15.9 Å². The largest absolute Gasteiger partial charge is 0.338 e. The lowest BCUT2D eigenvalue weighted by Gasteiger charge is -2.17. The number of carbonyl (C=O) groups is 2. The average molecular weight is 416 g/mol. The molecule has 1 aliphatic heterocycles. The van der Waals surface area contributed by atoms with Crippen LogP contribution in [0.5, 0.6) is 0 Å². The number of nitrogens with one attached hydrogen (secondary N) is 2. The van der Waals surface area contributed by atoms with Crippen molar-refractivity contribution < 1.29 is 18.0 Å². The molecule has 2 aromatic rings. The Morgan fingerprint density at radius 2 is 1.83 bits per heavy atom. The fraction of sp³-hybridized carbons (Fsp3) is 0.333. The minimum absolute atomic E-state index is 0.0472. The number of hydrogen-bond donors (Lipinski definition) is 2. The number of anilines is 2. The molecule has 1 atom stereocenters. The van der Waals surface area contributed by atoms with Crippen LogP contribution < -0.4 is 10.0 Å². The van der Waals surface area contributed by atoms with E-state index in [0.29, 0.717) is 24.5 Å². The zero-order chi connectivity index (χ0) is 21.2. The van der Waals surface area contributed by atoms with Crippen molar-refractivity contribution in [2.75, 3.05) is 22.8 Å². The second-order valence-electron chi connectivity index (χ2n) is 7.55. The van der Waals surface area contributed by atoms with Crippen LogP contribution in [0, 0.1) is 19.8 Å².